The van der Waals surface area contributed by atoms with Gasteiger partial charge in [0.25, 0.3) is 11.4 Å². The van der Waals surface area contributed by atoms with E-state index in [1.807, 2.05) is 0 Å². The molecule has 0 atom stereocenters. The van der Waals surface area contributed by atoms with Gasteiger partial charge in [0, 0.05) is 63.8 Å². The highest BCUT2D eigenvalue weighted by molar-refractivity contribution is 6.29. The number of benzene rings is 2. The monoisotopic (exact) mass is 924 g/mol. The number of hydrogen-bond acceptors (Lipinski definition) is 16. The molecule has 4 heterocycles. The molecule has 0 saturated carbocycles. The smallest absolute Gasteiger partial charge is 0.296 e. The second kappa shape index (κ2) is 27.9. The molecule has 20 nitrogen and oxygen atoms in total. The van der Waals surface area contributed by atoms with Crippen LogP contribution in [-0.4, -0.2) is 139 Å². The maximum Gasteiger partial charge on any atom is 0.296 e. The van der Waals surface area contributed by atoms with Gasteiger partial charge in [-0.15, -0.1) is 11.6 Å². The van der Waals surface area contributed by atoms with Crippen molar-refractivity contribution in [1.82, 2.24) is 30.0 Å². The summed E-state index contributed by atoms with van der Waals surface area (Å²) in [5, 5.41) is 36.4. The van der Waals surface area contributed by atoms with Crippen LogP contribution in [0.3, 0.4) is 0 Å². The minimum atomic E-state index is -0.503. The van der Waals surface area contributed by atoms with Crippen LogP contribution in [0.2, 0.25) is 0 Å². The number of alkyl halides is 1. The molecule has 5 N–H and O–H groups in total. The molecular weight excluding hydrogens is 860 g/mol. The average Bonchev–Trinajstić information content (AvgIpc) is 3.27. The molecule has 21 heteroatoms. The summed E-state index contributed by atoms with van der Waals surface area (Å²) in [6.45, 7) is 4.47. The fraction of sp³-hybridized carbons (Fsp3) is 0.455. The quantitative estimate of drug-likeness (QED) is 0.0445. The van der Waals surface area contributed by atoms with Crippen molar-refractivity contribution in [2.45, 2.75) is 52.6 Å². The van der Waals surface area contributed by atoms with Crippen LogP contribution >= 0.6 is 11.6 Å². The van der Waals surface area contributed by atoms with Gasteiger partial charge >= 0.3 is 0 Å². The number of nitrogens with zero attached hydrogens (tertiary/aromatic N) is 7. The van der Waals surface area contributed by atoms with Gasteiger partial charge in [-0.2, -0.15) is 0 Å². The molecule has 2 saturated heterocycles. The van der Waals surface area contributed by atoms with Crippen LogP contribution in [0.25, 0.3) is 0 Å². The third kappa shape index (κ3) is 18.1. The van der Waals surface area contributed by atoms with E-state index in [0.29, 0.717) is 47.0 Å². The van der Waals surface area contributed by atoms with Crippen LogP contribution in [-0.2, 0) is 9.59 Å². The van der Waals surface area contributed by atoms with E-state index in [0.717, 1.165) is 32.0 Å². The van der Waals surface area contributed by atoms with Crippen molar-refractivity contribution in [3.05, 3.63) is 93.3 Å². The summed E-state index contributed by atoms with van der Waals surface area (Å²) in [5.74, 6) is 1.31. The highest BCUT2D eigenvalue weighted by atomic mass is 35.5. The van der Waals surface area contributed by atoms with Gasteiger partial charge in [0.2, 0.25) is 11.8 Å². The first-order valence-corrected chi connectivity index (χ1v) is 20.8. The molecule has 4 aromatic rings. The predicted molar refractivity (Wildman–Crippen MR) is 258 cm³/mol. The molecule has 2 aromatic carbocycles. The zero-order valence-corrected chi connectivity index (χ0v) is 37.2. The van der Waals surface area contributed by atoms with Gasteiger partial charge in [0.05, 0.1) is 28.5 Å². The van der Waals surface area contributed by atoms with Gasteiger partial charge in [-0.1, -0.05) is 14.9 Å². The normalized spacial score (nSPS) is 13.9. The van der Waals surface area contributed by atoms with Crippen LogP contribution in [0, 0.1) is 20.2 Å². The third-order valence-corrected chi connectivity index (χ3v) is 10.4. The number of piperidine rings is 2. The molecule has 0 bridgehead atoms. The van der Waals surface area contributed by atoms with E-state index < -0.39 is 15.8 Å². The van der Waals surface area contributed by atoms with Crippen LogP contribution in [0.15, 0.2) is 73.1 Å². The number of carbonyl (C=O) groups excluding carboxylic acids is 2. The Morgan fingerprint density at radius 1 is 0.708 bits per heavy atom. The molecule has 0 unspecified atom stereocenters. The molecule has 0 radical (unpaired) electrons. The van der Waals surface area contributed by atoms with Crippen molar-refractivity contribution in [3.8, 4) is 23.0 Å². The Morgan fingerprint density at radius 3 is 1.51 bits per heavy atom. The van der Waals surface area contributed by atoms with Gasteiger partial charge in [-0.05, 0) is 103 Å². The standard InChI is InChI=1S/C21H28N6O4.C14H13ClN4O4.C7H16N2.2CH4/c1-22-18-5-4-16(12-19(18)27(29)30)31-17-6-9-23-20(13-17)24-21(28)14-26-10-7-15(8-11-26)25(2)3;1-16-11-3-2-9(6-12(11)19(21)22)23-10-4-5-17-13(7-10)18-14(20)8-15;1-9(2)7-3-5-8-6-4-7;;/h4-6,9,12-13,15,22H,7-8,10-11,14H2,1-3H3,(H,23,24,28);2-7,16H,8H2,1H3,(H,17,18,20);7-8H,3-6H2,1-2H3;2*1H4. The zero-order chi connectivity index (χ0) is 45.9. The maximum absolute atomic E-state index is 12.4. The maximum atomic E-state index is 12.4. The lowest BCUT2D eigenvalue weighted by Gasteiger charge is -2.34. The molecule has 356 valence electrons. The lowest BCUT2D eigenvalue weighted by molar-refractivity contribution is -0.384. The fourth-order valence-corrected chi connectivity index (χ4v) is 6.78. The highest BCUT2D eigenvalue weighted by Gasteiger charge is 2.22. The summed E-state index contributed by atoms with van der Waals surface area (Å²) in [5.41, 5.74) is 0.595. The van der Waals surface area contributed by atoms with Gasteiger partial charge in [0.15, 0.2) is 0 Å². The van der Waals surface area contributed by atoms with Gasteiger partial charge < -0.3 is 45.9 Å². The number of rotatable bonds is 15. The van der Waals surface area contributed by atoms with Crippen LogP contribution < -0.4 is 36.1 Å². The number of anilines is 4. The minimum Gasteiger partial charge on any atom is -0.457 e. The molecule has 2 aliphatic heterocycles. The molecule has 6 rings (SSSR count). The van der Waals surface area contributed by atoms with E-state index in [-0.39, 0.29) is 49.6 Å². The van der Waals surface area contributed by atoms with Crippen molar-refractivity contribution in [2.24, 2.45) is 0 Å². The van der Waals surface area contributed by atoms with E-state index in [4.69, 9.17) is 21.1 Å². The number of ether oxygens (including phenoxy) is 2. The first-order valence-electron chi connectivity index (χ1n) is 20.3. The molecule has 2 amide bonds. The van der Waals surface area contributed by atoms with E-state index in [1.54, 1.807) is 56.6 Å². The summed E-state index contributed by atoms with van der Waals surface area (Å²) >= 11 is 5.41. The van der Waals surface area contributed by atoms with Gasteiger partial charge in [-0.3, -0.25) is 34.7 Å². The summed E-state index contributed by atoms with van der Waals surface area (Å²) < 4.78 is 11.3. The number of nitro benzene ring substituents is 2. The van der Waals surface area contributed by atoms with E-state index in [1.165, 1.54) is 56.5 Å². The molecule has 2 fully saturated rings. The number of likely N-dealkylation sites (tertiary alicyclic amines) is 1. The third-order valence-electron chi connectivity index (χ3n) is 10.2. The van der Waals surface area contributed by atoms with Crippen molar-refractivity contribution in [3.63, 3.8) is 0 Å². The Hall–Kier alpha value is -6.19. The largest absolute Gasteiger partial charge is 0.457 e. The minimum absolute atomic E-state index is 0. The molecule has 0 aliphatic carbocycles. The number of amides is 2. The summed E-state index contributed by atoms with van der Waals surface area (Å²) in [6, 6.07) is 16.7. The summed E-state index contributed by atoms with van der Waals surface area (Å²) in [6.07, 6.45) is 7.67. The average molecular weight is 926 g/mol. The van der Waals surface area contributed by atoms with E-state index in [2.05, 4.69) is 79.4 Å². The molecular formula is C44H65ClN12O8. The van der Waals surface area contributed by atoms with Crippen molar-refractivity contribution in [2.75, 3.05) is 102 Å². The van der Waals surface area contributed by atoms with Crippen LogP contribution in [0.5, 0.6) is 23.0 Å². The number of aromatic nitrogens is 2. The number of halogens is 1. The number of hydrogen-bond donors (Lipinski definition) is 5. The Bertz CT molecular complexity index is 2130. The second-order valence-electron chi connectivity index (χ2n) is 15.0. The first-order chi connectivity index (χ1) is 30.2. The Labute approximate surface area is 386 Å². The number of pyridine rings is 2. The van der Waals surface area contributed by atoms with Crippen molar-refractivity contribution >= 4 is 57.8 Å². The Morgan fingerprint density at radius 2 is 1.12 bits per heavy atom. The lowest BCUT2D eigenvalue weighted by atomic mass is 10.0. The van der Waals surface area contributed by atoms with E-state index >= 15 is 0 Å². The van der Waals surface area contributed by atoms with Crippen LogP contribution in [0.1, 0.15) is 40.5 Å². The Balaban J connectivity index is 0.000000375. The first kappa shape index (κ1) is 54.9. The van der Waals surface area contributed by atoms with Crippen LogP contribution in [0.4, 0.5) is 34.4 Å². The van der Waals surface area contributed by atoms with E-state index in [9.17, 15) is 29.8 Å². The fourth-order valence-electron chi connectivity index (χ4n) is 6.71. The molecule has 0 spiro atoms. The van der Waals surface area contributed by atoms with Crippen molar-refractivity contribution < 1.29 is 28.9 Å². The van der Waals surface area contributed by atoms with Gasteiger partial charge in [-0.25, -0.2) is 9.97 Å². The number of nitrogens with one attached hydrogen (secondary N) is 5. The Kier molecular flexibility index (Phi) is 23.6. The summed E-state index contributed by atoms with van der Waals surface area (Å²) in [7, 11) is 11.7. The zero-order valence-electron chi connectivity index (χ0n) is 36.4. The number of carbonyl (C=O) groups is 2. The van der Waals surface area contributed by atoms with Gasteiger partial charge in [0.1, 0.15) is 51.9 Å². The number of nitro groups is 2. The topological polar surface area (TPSA) is 235 Å². The lowest BCUT2D eigenvalue weighted by Crippen LogP contribution is -2.44. The SMILES string of the molecule is C.C.CN(C)C1CCNCC1.CNc1ccc(Oc2ccnc(NC(=O)CCl)c2)cc1[N+](=O)[O-].CNc1ccc(Oc2ccnc(NC(=O)CN3CCC(N(C)C)CC3)c2)cc1[N+](=O)[O-]. The second-order valence-corrected chi connectivity index (χ2v) is 15.2. The molecule has 65 heavy (non-hydrogen) atoms. The summed E-state index contributed by atoms with van der Waals surface area (Å²) in [4.78, 5) is 59.8. The molecule has 2 aromatic heterocycles. The molecule has 2 aliphatic rings. The van der Waals surface area contributed by atoms with Crippen molar-refractivity contribution in [1.29, 1.82) is 0 Å². The highest BCUT2D eigenvalue weighted by Crippen LogP contribution is 2.33. The predicted octanol–water partition coefficient (Wildman–Crippen LogP) is 7.36.